The second-order valence-electron chi connectivity index (χ2n) is 7.25. The summed E-state index contributed by atoms with van der Waals surface area (Å²) in [6, 6.07) is -0.516. The molecular weight excluding hydrogens is 280 g/mol. The number of hydrogen-bond donors (Lipinski definition) is 1. The quantitative estimate of drug-likeness (QED) is 0.901. The van der Waals surface area contributed by atoms with Gasteiger partial charge < -0.3 is 10.2 Å². The number of nitrogens with one attached hydrogen (secondary N) is 1. The molecule has 1 atom stereocenters. The highest BCUT2D eigenvalue weighted by Crippen LogP contribution is 2.23. The Labute approximate surface area is 131 Å². The zero-order valence-corrected chi connectivity index (χ0v) is 14.1. The first kappa shape index (κ1) is 16.5. The Hall–Kier alpha value is -1.85. The predicted molar refractivity (Wildman–Crippen MR) is 84.0 cm³/mol. The number of carbonyl (C=O) groups excluding carboxylic acids is 2. The number of rotatable bonds is 4. The molecule has 22 heavy (non-hydrogen) atoms. The number of amides is 2. The molecule has 6 heteroatoms. The van der Waals surface area contributed by atoms with Crippen LogP contribution >= 0.6 is 0 Å². The first-order valence-corrected chi connectivity index (χ1v) is 7.76. The molecule has 2 amide bonds. The first-order chi connectivity index (χ1) is 10.2. The summed E-state index contributed by atoms with van der Waals surface area (Å²) in [5, 5.41) is 7.04. The number of nitrogens with zero attached hydrogens (tertiary/aromatic N) is 3. The van der Waals surface area contributed by atoms with E-state index in [0.29, 0.717) is 25.4 Å². The number of carbonyl (C=O) groups is 2. The largest absolute Gasteiger partial charge is 0.343 e. The van der Waals surface area contributed by atoms with Crippen LogP contribution in [0.3, 0.4) is 0 Å². The minimum atomic E-state index is -0.575. The molecule has 0 radical (unpaired) electrons. The highest BCUT2D eigenvalue weighted by Gasteiger charge is 2.40. The van der Waals surface area contributed by atoms with E-state index >= 15 is 0 Å². The fraction of sp³-hybridized carbons (Fsp3) is 0.688. The van der Waals surface area contributed by atoms with Gasteiger partial charge in [-0.25, -0.2) is 0 Å². The van der Waals surface area contributed by atoms with Gasteiger partial charge in [0.05, 0.1) is 11.6 Å². The molecule has 0 aliphatic carbocycles. The van der Waals surface area contributed by atoms with Gasteiger partial charge in [-0.2, -0.15) is 5.10 Å². The molecule has 1 aromatic heterocycles. The zero-order valence-electron chi connectivity index (χ0n) is 14.1. The van der Waals surface area contributed by atoms with Gasteiger partial charge in [0.25, 0.3) is 0 Å². The molecule has 122 valence electrons. The van der Waals surface area contributed by atoms with E-state index in [9.17, 15) is 9.59 Å². The van der Waals surface area contributed by atoms with Crippen molar-refractivity contribution in [3.05, 3.63) is 18.0 Å². The third kappa shape index (κ3) is 3.67. The summed E-state index contributed by atoms with van der Waals surface area (Å²) in [5.74, 6) is 0.296. The van der Waals surface area contributed by atoms with Gasteiger partial charge in [-0.3, -0.25) is 14.3 Å². The average Bonchev–Trinajstić information content (AvgIpc) is 2.77. The van der Waals surface area contributed by atoms with E-state index in [0.717, 1.165) is 5.56 Å². The average molecular weight is 306 g/mol. The molecule has 0 spiro atoms. The monoisotopic (exact) mass is 306 g/mol. The van der Waals surface area contributed by atoms with E-state index in [4.69, 9.17) is 0 Å². The topological polar surface area (TPSA) is 67.2 Å². The molecule has 2 rings (SSSR count). The van der Waals surface area contributed by atoms with E-state index < -0.39 is 11.5 Å². The Morgan fingerprint density at radius 3 is 2.64 bits per heavy atom. The van der Waals surface area contributed by atoms with Crippen molar-refractivity contribution in [3.63, 3.8) is 0 Å². The van der Waals surface area contributed by atoms with Gasteiger partial charge in [-0.05, 0) is 25.3 Å². The predicted octanol–water partition coefficient (Wildman–Crippen LogP) is 0.972. The van der Waals surface area contributed by atoms with Crippen molar-refractivity contribution in [1.82, 2.24) is 20.0 Å². The molecule has 1 fully saturated rings. The fourth-order valence-electron chi connectivity index (χ4n) is 2.81. The lowest BCUT2D eigenvalue weighted by atomic mass is 9.92. The van der Waals surface area contributed by atoms with Crippen molar-refractivity contribution < 1.29 is 9.59 Å². The molecule has 1 aromatic rings. The molecular formula is C16H26N4O2. The maximum Gasteiger partial charge on any atom is 0.245 e. The summed E-state index contributed by atoms with van der Waals surface area (Å²) < 4.78 is 1.70. The van der Waals surface area contributed by atoms with Crippen LogP contribution in [0, 0.1) is 11.3 Å². The van der Waals surface area contributed by atoms with Crippen LogP contribution in [-0.4, -0.2) is 45.6 Å². The van der Waals surface area contributed by atoms with Crippen LogP contribution < -0.4 is 5.32 Å². The molecule has 1 saturated heterocycles. The van der Waals surface area contributed by atoms with Gasteiger partial charge in [0.2, 0.25) is 11.8 Å². The van der Waals surface area contributed by atoms with Crippen molar-refractivity contribution in [2.45, 2.75) is 40.2 Å². The maximum absolute atomic E-state index is 12.8. The van der Waals surface area contributed by atoms with Crippen LogP contribution in [0.4, 0.5) is 0 Å². The van der Waals surface area contributed by atoms with Gasteiger partial charge in [0.15, 0.2) is 0 Å². The second-order valence-corrected chi connectivity index (χ2v) is 7.25. The second kappa shape index (κ2) is 6.10. The smallest absolute Gasteiger partial charge is 0.245 e. The lowest BCUT2D eigenvalue weighted by Gasteiger charge is -2.29. The Kier molecular flexibility index (Phi) is 4.58. The lowest BCUT2D eigenvalue weighted by molar-refractivity contribution is -0.134. The minimum absolute atomic E-state index is 0.00326. The highest BCUT2D eigenvalue weighted by atomic mass is 16.2. The summed E-state index contributed by atoms with van der Waals surface area (Å²) in [5.41, 5.74) is 0.374. The summed E-state index contributed by atoms with van der Waals surface area (Å²) >= 11 is 0. The summed E-state index contributed by atoms with van der Waals surface area (Å²) in [7, 11) is 1.84. The Bertz CT molecular complexity index is 562. The molecule has 6 nitrogen and oxygen atoms in total. The molecule has 1 unspecified atom stereocenters. The van der Waals surface area contributed by atoms with Crippen LogP contribution in [0.1, 0.15) is 33.3 Å². The first-order valence-electron chi connectivity index (χ1n) is 7.76. The van der Waals surface area contributed by atoms with Crippen LogP contribution in [0.15, 0.2) is 12.4 Å². The van der Waals surface area contributed by atoms with Gasteiger partial charge >= 0.3 is 0 Å². The molecule has 0 aromatic carbocycles. The van der Waals surface area contributed by atoms with E-state index in [1.54, 1.807) is 10.9 Å². The molecule has 1 aliphatic rings. The van der Waals surface area contributed by atoms with Crippen LogP contribution in [0.5, 0.6) is 0 Å². The SMILES string of the molecule is CC(C)CN1CC(C)(C)C(=O)NC(Cc2cnn(C)c2)C1=O. The standard InChI is InChI=1S/C16H26N4O2/c1-11(2)8-20-10-16(3,4)15(22)18-13(14(20)21)6-12-7-17-19(5)9-12/h7,9,11,13H,6,8,10H2,1-5H3,(H,18,22). The Balaban J connectivity index is 2.23. The summed E-state index contributed by atoms with van der Waals surface area (Å²) in [6.45, 7) is 9.05. The number of hydrogen-bond acceptors (Lipinski definition) is 3. The van der Waals surface area contributed by atoms with Crippen molar-refractivity contribution in [3.8, 4) is 0 Å². The third-order valence-corrected chi connectivity index (χ3v) is 3.90. The van der Waals surface area contributed by atoms with Crippen molar-refractivity contribution in [1.29, 1.82) is 0 Å². The number of aryl methyl sites for hydroxylation is 1. The van der Waals surface area contributed by atoms with Crippen molar-refractivity contribution in [2.24, 2.45) is 18.4 Å². The molecule has 0 bridgehead atoms. The van der Waals surface area contributed by atoms with Gasteiger partial charge in [-0.1, -0.05) is 13.8 Å². The van der Waals surface area contributed by atoms with E-state index in [1.807, 2.05) is 32.0 Å². The van der Waals surface area contributed by atoms with Crippen LogP contribution in [0.2, 0.25) is 0 Å². The molecule has 1 aliphatic heterocycles. The van der Waals surface area contributed by atoms with Crippen LogP contribution in [0.25, 0.3) is 0 Å². The van der Waals surface area contributed by atoms with Crippen molar-refractivity contribution >= 4 is 11.8 Å². The molecule has 2 heterocycles. The Morgan fingerprint density at radius 2 is 2.09 bits per heavy atom. The van der Waals surface area contributed by atoms with Gasteiger partial charge in [-0.15, -0.1) is 0 Å². The van der Waals surface area contributed by atoms with Crippen LogP contribution in [-0.2, 0) is 23.1 Å². The van der Waals surface area contributed by atoms with E-state index in [2.05, 4.69) is 24.3 Å². The molecule has 1 N–H and O–H groups in total. The lowest BCUT2D eigenvalue weighted by Crippen LogP contribution is -2.46. The highest BCUT2D eigenvalue weighted by molar-refractivity contribution is 5.92. The fourth-order valence-corrected chi connectivity index (χ4v) is 2.81. The maximum atomic E-state index is 12.8. The summed E-state index contributed by atoms with van der Waals surface area (Å²) in [6.07, 6.45) is 4.09. The van der Waals surface area contributed by atoms with E-state index in [1.165, 1.54) is 0 Å². The van der Waals surface area contributed by atoms with Gasteiger partial charge in [0.1, 0.15) is 6.04 Å². The van der Waals surface area contributed by atoms with E-state index in [-0.39, 0.29) is 11.8 Å². The summed E-state index contributed by atoms with van der Waals surface area (Å²) in [4.78, 5) is 27.0. The number of aromatic nitrogens is 2. The normalized spacial score (nSPS) is 21.9. The molecule has 0 saturated carbocycles. The van der Waals surface area contributed by atoms with Crippen molar-refractivity contribution in [2.75, 3.05) is 13.1 Å². The third-order valence-electron chi connectivity index (χ3n) is 3.90. The Morgan fingerprint density at radius 1 is 1.41 bits per heavy atom. The zero-order chi connectivity index (χ0) is 16.5. The van der Waals surface area contributed by atoms with Gasteiger partial charge in [0, 0.05) is 32.8 Å². The minimum Gasteiger partial charge on any atom is -0.343 e.